The summed E-state index contributed by atoms with van der Waals surface area (Å²) in [6, 6.07) is 0. The maximum atomic E-state index is 8.71. The van der Waals surface area contributed by atoms with Crippen molar-refractivity contribution in [2.24, 2.45) is 4.99 Å². The molecule has 0 saturated heterocycles. The van der Waals surface area contributed by atoms with Gasteiger partial charge in [-0.05, 0) is 13.3 Å². The van der Waals surface area contributed by atoms with Crippen LogP contribution in [0.3, 0.4) is 0 Å². The molecule has 6 nitrogen and oxygen atoms in total. The van der Waals surface area contributed by atoms with Gasteiger partial charge >= 0.3 is 0 Å². The predicted molar refractivity (Wildman–Crippen MR) is 93.0 cm³/mol. The van der Waals surface area contributed by atoms with Crippen molar-refractivity contribution in [2.45, 2.75) is 26.7 Å². The van der Waals surface area contributed by atoms with Crippen LogP contribution in [0, 0.1) is 0 Å². The van der Waals surface area contributed by atoms with Gasteiger partial charge in [-0.1, -0.05) is 13.3 Å². The molecule has 0 aliphatic heterocycles. The fourth-order valence-corrected chi connectivity index (χ4v) is 1.31. The second-order valence-corrected chi connectivity index (χ2v) is 3.99. The Hall–Kier alpha value is -0.120. The minimum absolute atomic E-state index is 0. The molecule has 0 bridgehead atoms. The molecule has 3 N–H and O–H groups in total. The Morgan fingerprint density at radius 3 is 2.35 bits per heavy atom. The fraction of sp³-hybridized carbons (Fsp3) is 0.923. The number of ether oxygens (including phenoxy) is 2. The van der Waals surface area contributed by atoms with Crippen molar-refractivity contribution in [1.29, 1.82) is 0 Å². The van der Waals surface area contributed by atoms with Gasteiger partial charge < -0.3 is 25.2 Å². The largest absolute Gasteiger partial charge is 0.394 e. The summed E-state index contributed by atoms with van der Waals surface area (Å²) >= 11 is 0. The molecule has 0 amide bonds. The number of guanidine groups is 1. The van der Waals surface area contributed by atoms with E-state index in [2.05, 4.69) is 22.5 Å². The lowest BCUT2D eigenvalue weighted by atomic mass is 10.4. The van der Waals surface area contributed by atoms with Gasteiger partial charge in [0.15, 0.2) is 5.96 Å². The van der Waals surface area contributed by atoms with Gasteiger partial charge in [0.05, 0.1) is 33.0 Å². The third-order valence-electron chi connectivity index (χ3n) is 2.27. The maximum Gasteiger partial charge on any atom is 0.191 e. The normalized spacial score (nSPS) is 11.1. The van der Waals surface area contributed by atoms with Crippen LogP contribution in [0.5, 0.6) is 0 Å². The van der Waals surface area contributed by atoms with E-state index in [4.69, 9.17) is 14.6 Å². The van der Waals surface area contributed by atoms with Crippen LogP contribution in [-0.2, 0) is 9.47 Å². The molecule has 20 heavy (non-hydrogen) atoms. The van der Waals surface area contributed by atoms with E-state index in [1.165, 1.54) is 0 Å². The van der Waals surface area contributed by atoms with Crippen LogP contribution in [-0.4, -0.2) is 63.7 Å². The van der Waals surface area contributed by atoms with E-state index in [1.54, 1.807) is 0 Å². The molecule has 0 aromatic heterocycles. The number of unbranched alkanes of at least 4 members (excludes halogenated alkanes) is 1. The van der Waals surface area contributed by atoms with E-state index >= 15 is 0 Å². The highest BCUT2D eigenvalue weighted by Crippen LogP contribution is 1.87. The van der Waals surface area contributed by atoms with Crippen molar-refractivity contribution in [2.75, 3.05) is 52.7 Å². The van der Waals surface area contributed by atoms with Crippen molar-refractivity contribution in [3.8, 4) is 0 Å². The topological polar surface area (TPSA) is 75.1 Å². The zero-order valence-electron chi connectivity index (χ0n) is 12.7. The van der Waals surface area contributed by atoms with Crippen LogP contribution >= 0.6 is 24.0 Å². The summed E-state index contributed by atoms with van der Waals surface area (Å²) in [4.78, 5) is 4.16. The first kappa shape index (κ1) is 22.2. The highest BCUT2D eigenvalue weighted by Gasteiger charge is 1.96. The molecule has 7 heteroatoms. The molecule has 0 atom stereocenters. The number of halogens is 1. The summed E-state index contributed by atoms with van der Waals surface area (Å²) in [7, 11) is 0. The standard InChI is InChI=1S/C13H29N3O3.HI/c1-3-5-9-18-11-12-19-10-7-16-13(14-4-2)15-6-8-17;/h17H,3-12H2,1-2H3,(H2,14,15,16);1H. The molecule has 0 heterocycles. The fourth-order valence-electron chi connectivity index (χ4n) is 1.31. The van der Waals surface area contributed by atoms with Crippen LogP contribution in [0.4, 0.5) is 0 Å². The summed E-state index contributed by atoms with van der Waals surface area (Å²) in [5.41, 5.74) is 0. The molecule has 0 saturated carbocycles. The molecule has 0 fully saturated rings. The minimum Gasteiger partial charge on any atom is -0.394 e. The zero-order valence-corrected chi connectivity index (χ0v) is 15.0. The van der Waals surface area contributed by atoms with E-state index in [1.807, 2.05) is 6.92 Å². The van der Waals surface area contributed by atoms with E-state index in [9.17, 15) is 0 Å². The molecular weight excluding hydrogens is 373 g/mol. The molecule has 0 aromatic carbocycles. The number of rotatable bonds is 12. The summed E-state index contributed by atoms with van der Waals surface area (Å²) in [6.45, 7) is 8.79. The monoisotopic (exact) mass is 403 g/mol. The second kappa shape index (κ2) is 18.9. The Labute approximate surface area is 139 Å². The van der Waals surface area contributed by atoms with Crippen molar-refractivity contribution in [1.82, 2.24) is 10.6 Å². The highest BCUT2D eigenvalue weighted by atomic mass is 127. The first-order chi connectivity index (χ1) is 9.35. The molecular formula is C13H30IN3O3. The van der Waals surface area contributed by atoms with Crippen LogP contribution in [0.2, 0.25) is 0 Å². The second-order valence-electron chi connectivity index (χ2n) is 3.99. The van der Waals surface area contributed by atoms with Crippen molar-refractivity contribution < 1.29 is 14.6 Å². The number of hydrogen-bond donors (Lipinski definition) is 3. The van der Waals surface area contributed by atoms with E-state index in [-0.39, 0.29) is 30.6 Å². The molecule has 122 valence electrons. The number of nitrogens with zero attached hydrogens (tertiary/aromatic N) is 1. The number of nitrogens with one attached hydrogen (secondary N) is 2. The van der Waals surface area contributed by atoms with Crippen molar-refractivity contribution in [3.05, 3.63) is 0 Å². The van der Waals surface area contributed by atoms with Crippen LogP contribution < -0.4 is 10.6 Å². The lowest BCUT2D eigenvalue weighted by Gasteiger charge is -2.11. The molecule has 0 unspecified atom stereocenters. The summed E-state index contributed by atoms with van der Waals surface area (Å²) in [5.74, 6) is 0.708. The number of aliphatic hydroxyl groups excluding tert-OH is 1. The van der Waals surface area contributed by atoms with Crippen LogP contribution in [0.1, 0.15) is 26.7 Å². The predicted octanol–water partition coefficient (Wildman–Crippen LogP) is 0.985. The Balaban J connectivity index is 0. The average molecular weight is 403 g/mol. The summed E-state index contributed by atoms with van der Waals surface area (Å²) in [6.07, 6.45) is 2.26. The highest BCUT2D eigenvalue weighted by molar-refractivity contribution is 14.0. The Morgan fingerprint density at radius 2 is 1.75 bits per heavy atom. The van der Waals surface area contributed by atoms with Gasteiger partial charge in [0.25, 0.3) is 0 Å². The summed E-state index contributed by atoms with van der Waals surface area (Å²) in [5, 5.41) is 14.9. The Kier molecular flexibility index (Phi) is 20.9. The number of aliphatic imine (C=N–C) groups is 1. The van der Waals surface area contributed by atoms with Gasteiger partial charge in [-0.3, -0.25) is 4.99 Å². The SMILES string of the molecule is CCCCOCCOCCNC(=NCCO)NCC.I. The smallest absolute Gasteiger partial charge is 0.191 e. The van der Waals surface area contributed by atoms with Gasteiger partial charge in [-0.25, -0.2) is 0 Å². The van der Waals surface area contributed by atoms with Gasteiger partial charge in [-0.15, -0.1) is 24.0 Å². The molecule has 0 rings (SSSR count). The zero-order chi connectivity index (χ0) is 14.2. The molecule has 0 aromatic rings. The third-order valence-corrected chi connectivity index (χ3v) is 2.27. The molecule has 0 spiro atoms. The minimum atomic E-state index is 0. The quantitative estimate of drug-likeness (QED) is 0.196. The molecule has 0 radical (unpaired) electrons. The lowest BCUT2D eigenvalue weighted by Crippen LogP contribution is -2.39. The summed E-state index contributed by atoms with van der Waals surface area (Å²) < 4.78 is 10.8. The Bertz CT molecular complexity index is 219. The van der Waals surface area contributed by atoms with Crippen molar-refractivity contribution in [3.63, 3.8) is 0 Å². The average Bonchev–Trinajstić information content (AvgIpc) is 2.42. The van der Waals surface area contributed by atoms with Gasteiger partial charge in [-0.2, -0.15) is 0 Å². The van der Waals surface area contributed by atoms with Gasteiger partial charge in [0, 0.05) is 19.7 Å². The van der Waals surface area contributed by atoms with Gasteiger partial charge in [0.2, 0.25) is 0 Å². The Morgan fingerprint density at radius 1 is 1.05 bits per heavy atom. The van der Waals surface area contributed by atoms with E-state index in [0.29, 0.717) is 38.9 Å². The molecule has 0 aliphatic rings. The first-order valence-corrected chi connectivity index (χ1v) is 7.13. The van der Waals surface area contributed by atoms with Crippen LogP contribution in [0.25, 0.3) is 0 Å². The third kappa shape index (κ3) is 15.9. The van der Waals surface area contributed by atoms with E-state index < -0.39 is 0 Å². The first-order valence-electron chi connectivity index (χ1n) is 7.13. The molecule has 0 aliphatic carbocycles. The number of aliphatic hydroxyl groups is 1. The number of hydrogen-bond acceptors (Lipinski definition) is 4. The van der Waals surface area contributed by atoms with Crippen molar-refractivity contribution >= 4 is 29.9 Å². The van der Waals surface area contributed by atoms with Crippen LogP contribution in [0.15, 0.2) is 4.99 Å². The van der Waals surface area contributed by atoms with E-state index in [0.717, 1.165) is 26.0 Å². The lowest BCUT2D eigenvalue weighted by molar-refractivity contribution is 0.0487. The van der Waals surface area contributed by atoms with Gasteiger partial charge in [0.1, 0.15) is 0 Å². The maximum absolute atomic E-state index is 8.71.